The lowest BCUT2D eigenvalue weighted by Crippen LogP contribution is -2.55. The summed E-state index contributed by atoms with van der Waals surface area (Å²) >= 11 is 0. The van der Waals surface area contributed by atoms with Gasteiger partial charge in [-0.2, -0.15) is 0 Å². The first-order valence-corrected chi connectivity index (χ1v) is 11.9. The van der Waals surface area contributed by atoms with Gasteiger partial charge in [0.2, 0.25) is 0 Å². The van der Waals surface area contributed by atoms with Gasteiger partial charge in [0.25, 0.3) is 0 Å². The first-order valence-electron chi connectivity index (χ1n) is 11.9. The number of aromatic nitrogens is 1. The topological polar surface area (TPSA) is 48.9 Å². The highest BCUT2D eigenvalue weighted by Gasteiger charge is 2.29. The quantitative estimate of drug-likeness (QED) is 0.448. The number of anilines is 2. The Balaban J connectivity index is 0.00000171. The van der Waals surface area contributed by atoms with E-state index in [1.807, 2.05) is 19.1 Å². The molecule has 5 rings (SSSR count). The van der Waals surface area contributed by atoms with Crippen LogP contribution in [0, 0.1) is 6.92 Å². The van der Waals surface area contributed by atoms with Gasteiger partial charge in [0.15, 0.2) is 0 Å². The zero-order valence-electron chi connectivity index (χ0n) is 20.5. The van der Waals surface area contributed by atoms with Crippen molar-refractivity contribution in [3.05, 3.63) is 65.9 Å². The zero-order chi connectivity index (χ0) is 22.9. The van der Waals surface area contributed by atoms with E-state index in [-0.39, 0.29) is 30.9 Å². The van der Waals surface area contributed by atoms with Crippen LogP contribution in [0.15, 0.2) is 54.6 Å². The molecule has 0 saturated carbocycles. The average molecular weight is 518 g/mol. The minimum Gasteiger partial charge on any atom is -0.447 e. The lowest BCUT2D eigenvalue weighted by molar-refractivity contribution is 0.138. The Hall–Kier alpha value is -2.54. The van der Waals surface area contributed by atoms with Crippen molar-refractivity contribution in [3.63, 3.8) is 0 Å². The lowest BCUT2D eigenvalue weighted by Gasteiger charge is -2.44. The molecule has 0 radical (unpaired) electrons. The molecule has 188 valence electrons. The highest BCUT2D eigenvalue weighted by Crippen LogP contribution is 2.29. The van der Waals surface area contributed by atoms with E-state index in [1.54, 1.807) is 4.90 Å². The van der Waals surface area contributed by atoms with Crippen LogP contribution in [0.1, 0.15) is 25.1 Å². The fraction of sp³-hybridized carbons (Fsp3) is 0.407. The molecule has 3 heterocycles. The van der Waals surface area contributed by atoms with E-state index in [9.17, 15) is 4.79 Å². The molecule has 2 aliphatic rings. The molecule has 0 N–H and O–H groups in total. The minimum absolute atomic E-state index is 0. The second kappa shape index (κ2) is 11.5. The molecule has 0 aliphatic carbocycles. The molecule has 3 aromatic rings. The summed E-state index contributed by atoms with van der Waals surface area (Å²) in [5.74, 6) is 0. The summed E-state index contributed by atoms with van der Waals surface area (Å²) in [6.45, 7) is 10.8. The summed E-state index contributed by atoms with van der Waals surface area (Å²) in [6.07, 6.45) is 0.710. The largest absolute Gasteiger partial charge is 0.447 e. The predicted molar refractivity (Wildman–Crippen MR) is 148 cm³/mol. The number of piperazine rings is 1. The molecule has 2 saturated heterocycles. The molecule has 2 fully saturated rings. The molecule has 8 heteroatoms. The average Bonchev–Trinajstić information content (AvgIpc) is 3.24. The smallest absolute Gasteiger partial charge is 0.414 e. The number of hydrogen-bond acceptors (Lipinski definition) is 5. The SMILES string of the molecule is Cc1ccc2c(N3CCN(C(C)Cc4cccc(N5CCOC5=O)c4)[C@H](C)C3)cccc2n1.Cl.Cl. The Morgan fingerprint density at radius 1 is 1.06 bits per heavy atom. The fourth-order valence-corrected chi connectivity index (χ4v) is 5.30. The first kappa shape index (κ1) is 27.1. The molecular weight excluding hydrogens is 483 g/mol. The third-order valence-corrected chi connectivity index (χ3v) is 6.95. The van der Waals surface area contributed by atoms with E-state index in [2.05, 4.69) is 66.1 Å². The Bertz CT molecular complexity index is 1170. The van der Waals surface area contributed by atoms with Gasteiger partial charge in [-0.15, -0.1) is 24.8 Å². The van der Waals surface area contributed by atoms with Crippen LogP contribution in [0.2, 0.25) is 0 Å². The van der Waals surface area contributed by atoms with Crippen LogP contribution in [0.5, 0.6) is 0 Å². The fourth-order valence-electron chi connectivity index (χ4n) is 5.30. The molecular formula is C27H34Cl2N4O2. The third kappa shape index (κ3) is 5.66. The number of pyridine rings is 1. The number of halogens is 2. The van der Waals surface area contributed by atoms with E-state index in [4.69, 9.17) is 9.72 Å². The second-order valence-corrected chi connectivity index (χ2v) is 9.32. The molecule has 1 unspecified atom stereocenters. The molecule has 35 heavy (non-hydrogen) atoms. The Labute approximate surface area is 220 Å². The van der Waals surface area contributed by atoms with E-state index < -0.39 is 0 Å². The maximum Gasteiger partial charge on any atom is 0.414 e. The van der Waals surface area contributed by atoms with E-state index in [1.165, 1.54) is 16.6 Å². The lowest BCUT2D eigenvalue weighted by atomic mass is 10.0. The first-order chi connectivity index (χ1) is 16.0. The molecule has 2 aromatic carbocycles. The minimum atomic E-state index is -0.247. The van der Waals surface area contributed by atoms with Gasteiger partial charge in [0.1, 0.15) is 6.61 Å². The Kier molecular flexibility index (Phi) is 8.86. The molecule has 0 spiro atoms. The van der Waals surface area contributed by atoms with Gasteiger partial charge in [-0.3, -0.25) is 14.8 Å². The number of hydrogen-bond donors (Lipinski definition) is 0. The number of aryl methyl sites for hydroxylation is 1. The number of carbonyl (C=O) groups excluding carboxylic acids is 1. The number of benzene rings is 2. The maximum atomic E-state index is 11.9. The number of amides is 1. The number of nitrogens with zero attached hydrogens (tertiary/aromatic N) is 4. The van der Waals surface area contributed by atoms with Crippen molar-refractivity contribution in [2.75, 3.05) is 42.6 Å². The second-order valence-electron chi connectivity index (χ2n) is 9.32. The molecule has 1 aromatic heterocycles. The van der Waals surface area contributed by atoms with Gasteiger partial charge in [-0.05, 0) is 69.2 Å². The van der Waals surface area contributed by atoms with Crippen LogP contribution in [-0.2, 0) is 11.2 Å². The summed E-state index contributed by atoms with van der Waals surface area (Å²) in [5.41, 5.74) is 5.59. The normalized spacial score (nSPS) is 19.2. The van der Waals surface area contributed by atoms with Crippen molar-refractivity contribution in [3.8, 4) is 0 Å². The zero-order valence-corrected chi connectivity index (χ0v) is 22.1. The van der Waals surface area contributed by atoms with Crippen molar-refractivity contribution < 1.29 is 9.53 Å². The number of rotatable bonds is 5. The van der Waals surface area contributed by atoms with Gasteiger partial charge < -0.3 is 9.64 Å². The van der Waals surface area contributed by atoms with Crippen LogP contribution in [0.4, 0.5) is 16.2 Å². The molecule has 2 atom stereocenters. The van der Waals surface area contributed by atoms with Crippen LogP contribution in [-0.4, -0.2) is 60.8 Å². The van der Waals surface area contributed by atoms with Crippen LogP contribution >= 0.6 is 24.8 Å². The van der Waals surface area contributed by atoms with Crippen LogP contribution in [0.3, 0.4) is 0 Å². The summed E-state index contributed by atoms with van der Waals surface area (Å²) in [6, 6.07) is 19.9. The molecule has 1 amide bonds. The summed E-state index contributed by atoms with van der Waals surface area (Å²) < 4.78 is 5.10. The van der Waals surface area contributed by atoms with Crippen molar-refractivity contribution >= 4 is 53.2 Å². The monoisotopic (exact) mass is 516 g/mol. The maximum absolute atomic E-state index is 11.9. The van der Waals surface area contributed by atoms with Crippen molar-refractivity contribution in [1.29, 1.82) is 0 Å². The molecule has 6 nitrogen and oxygen atoms in total. The van der Waals surface area contributed by atoms with Crippen LogP contribution in [0.25, 0.3) is 10.9 Å². The van der Waals surface area contributed by atoms with Crippen molar-refractivity contribution in [1.82, 2.24) is 9.88 Å². The molecule has 0 bridgehead atoms. The number of carbonyl (C=O) groups is 1. The van der Waals surface area contributed by atoms with Gasteiger partial charge in [0, 0.05) is 54.2 Å². The van der Waals surface area contributed by atoms with Gasteiger partial charge in [-0.25, -0.2) is 4.79 Å². The van der Waals surface area contributed by atoms with Crippen LogP contribution < -0.4 is 9.80 Å². The third-order valence-electron chi connectivity index (χ3n) is 6.95. The predicted octanol–water partition coefficient (Wildman–Crippen LogP) is 5.49. The number of cyclic esters (lactones) is 1. The summed E-state index contributed by atoms with van der Waals surface area (Å²) in [4.78, 5) is 23.5. The van der Waals surface area contributed by atoms with E-state index >= 15 is 0 Å². The van der Waals surface area contributed by atoms with E-state index in [0.29, 0.717) is 25.2 Å². The molecule has 2 aliphatic heterocycles. The Morgan fingerprint density at radius 2 is 1.86 bits per heavy atom. The highest BCUT2D eigenvalue weighted by atomic mass is 35.5. The number of ether oxygens (including phenoxy) is 1. The van der Waals surface area contributed by atoms with Crippen molar-refractivity contribution in [2.45, 2.75) is 39.3 Å². The van der Waals surface area contributed by atoms with Gasteiger partial charge >= 0.3 is 6.09 Å². The van der Waals surface area contributed by atoms with Gasteiger partial charge in [0.05, 0.1) is 12.1 Å². The van der Waals surface area contributed by atoms with Gasteiger partial charge in [-0.1, -0.05) is 18.2 Å². The summed E-state index contributed by atoms with van der Waals surface area (Å²) in [5, 5.41) is 1.23. The summed E-state index contributed by atoms with van der Waals surface area (Å²) in [7, 11) is 0. The Morgan fingerprint density at radius 3 is 2.60 bits per heavy atom. The highest BCUT2D eigenvalue weighted by molar-refractivity contribution is 5.92. The van der Waals surface area contributed by atoms with E-state index in [0.717, 1.165) is 43.0 Å². The standard InChI is InChI=1S/C27H32N4O2.2ClH/c1-19-10-11-24-25(28-19)8-5-9-26(24)29-12-13-30(21(3)18-29)20(2)16-22-6-4-7-23(17-22)31-14-15-33-27(31)32;;/h4-11,17,20-21H,12-16,18H2,1-3H3;2*1H/t20?,21-;;/m1../s1. The number of fused-ring (bicyclic) bond motifs is 1. The van der Waals surface area contributed by atoms with Crippen molar-refractivity contribution in [2.24, 2.45) is 0 Å².